The van der Waals surface area contributed by atoms with Gasteiger partial charge in [-0.25, -0.2) is 9.37 Å². The molecule has 1 saturated heterocycles. The molecule has 26 heavy (non-hydrogen) atoms. The van der Waals surface area contributed by atoms with E-state index >= 15 is 0 Å². The fraction of sp³-hybridized carbons (Fsp3) is 0.389. The van der Waals surface area contributed by atoms with Gasteiger partial charge >= 0.3 is 7.12 Å². The van der Waals surface area contributed by atoms with Crippen LogP contribution in [0.3, 0.4) is 0 Å². The summed E-state index contributed by atoms with van der Waals surface area (Å²) in [6.07, 6.45) is 1.60. The number of nitrogens with two attached hydrogens (primary N) is 1. The van der Waals surface area contributed by atoms with E-state index in [9.17, 15) is 4.39 Å². The Morgan fingerprint density at radius 1 is 1.19 bits per heavy atom. The first-order valence-electron chi connectivity index (χ1n) is 8.27. The second-order valence-corrected chi connectivity index (χ2v) is 7.67. The lowest BCUT2D eigenvalue weighted by Gasteiger charge is -2.32. The number of halogens is 2. The summed E-state index contributed by atoms with van der Waals surface area (Å²) in [5.74, 6) is 0.195. The summed E-state index contributed by atoms with van der Waals surface area (Å²) >= 11 is 6.07. The Bertz CT molecular complexity index is 816. The number of hydrogen-bond acceptors (Lipinski definition) is 5. The van der Waals surface area contributed by atoms with E-state index in [-0.39, 0.29) is 18.2 Å². The molecule has 3 rings (SSSR count). The molecule has 0 aliphatic carbocycles. The molecule has 0 atom stereocenters. The molecule has 0 radical (unpaired) electrons. The van der Waals surface area contributed by atoms with Crippen LogP contribution >= 0.6 is 11.6 Å². The predicted octanol–water partition coefficient (Wildman–Crippen LogP) is 3.33. The van der Waals surface area contributed by atoms with Crippen LogP contribution in [0.1, 0.15) is 33.3 Å². The maximum absolute atomic E-state index is 13.4. The molecule has 1 aromatic carbocycles. The Kier molecular flexibility index (Phi) is 4.90. The Hall–Kier alpha value is -1.83. The molecule has 1 fully saturated rings. The molecule has 2 heterocycles. The van der Waals surface area contributed by atoms with Gasteiger partial charge in [-0.1, -0.05) is 11.6 Å². The molecular formula is C18H21BClFN2O3. The fourth-order valence-corrected chi connectivity index (χ4v) is 2.68. The van der Waals surface area contributed by atoms with Gasteiger partial charge in [0.15, 0.2) is 11.6 Å². The van der Waals surface area contributed by atoms with Crippen LogP contribution in [-0.2, 0) is 15.9 Å². The van der Waals surface area contributed by atoms with Gasteiger partial charge in [0.05, 0.1) is 11.2 Å². The molecular weight excluding hydrogens is 357 g/mol. The number of anilines is 1. The van der Waals surface area contributed by atoms with Gasteiger partial charge in [0.1, 0.15) is 12.4 Å². The summed E-state index contributed by atoms with van der Waals surface area (Å²) in [6.45, 7) is 7.96. The SMILES string of the molecule is CC1(C)OB(c2cnc(N)c(OCc3cc(F)ccc3Cl)c2)OC1(C)C. The molecule has 0 saturated carbocycles. The van der Waals surface area contributed by atoms with Crippen LogP contribution in [-0.4, -0.2) is 23.3 Å². The minimum Gasteiger partial charge on any atom is -0.485 e. The third-order valence-corrected chi connectivity index (χ3v) is 5.19. The highest BCUT2D eigenvalue weighted by Gasteiger charge is 2.51. The molecule has 0 unspecified atom stereocenters. The lowest BCUT2D eigenvalue weighted by molar-refractivity contribution is 0.00578. The van der Waals surface area contributed by atoms with Crippen LogP contribution in [0.25, 0.3) is 0 Å². The average Bonchev–Trinajstić information content (AvgIpc) is 2.77. The Balaban J connectivity index is 1.79. The standard InChI is InChI=1S/C18H21BClFN2O3/c1-17(2)18(3,4)26-19(25-17)12-8-15(16(22)23-9-12)24-10-11-7-13(21)5-6-14(11)20/h5-9H,10H2,1-4H3,(H2,22,23). The summed E-state index contributed by atoms with van der Waals surface area (Å²) in [4.78, 5) is 4.16. The molecule has 1 aliphatic heterocycles. The van der Waals surface area contributed by atoms with Gasteiger partial charge in [-0.2, -0.15) is 0 Å². The predicted molar refractivity (Wildman–Crippen MR) is 100 cm³/mol. The number of aromatic nitrogens is 1. The summed E-state index contributed by atoms with van der Waals surface area (Å²) < 4.78 is 31.1. The fourth-order valence-electron chi connectivity index (χ4n) is 2.50. The van der Waals surface area contributed by atoms with Crippen molar-refractivity contribution in [2.45, 2.75) is 45.5 Å². The topological polar surface area (TPSA) is 66.6 Å². The van der Waals surface area contributed by atoms with E-state index in [1.165, 1.54) is 18.2 Å². The van der Waals surface area contributed by atoms with Gasteiger partial charge in [-0.3, -0.25) is 0 Å². The van der Waals surface area contributed by atoms with E-state index in [1.54, 1.807) is 12.3 Å². The van der Waals surface area contributed by atoms with Crippen LogP contribution in [0, 0.1) is 5.82 Å². The molecule has 5 nitrogen and oxygen atoms in total. The normalized spacial score (nSPS) is 18.2. The summed E-state index contributed by atoms with van der Waals surface area (Å²) in [5.41, 5.74) is 6.19. The Morgan fingerprint density at radius 2 is 1.85 bits per heavy atom. The molecule has 0 amide bonds. The largest absolute Gasteiger partial charge is 0.496 e. The van der Waals surface area contributed by atoms with E-state index in [0.29, 0.717) is 21.8 Å². The summed E-state index contributed by atoms with van der Waals surface area (Å²) in [7, 11) is -0.576. The smallest absolute Gasteiger partial charge is 0.485 e. The molecule has 8 heteroatoms. The van der Waals surface area contributed by atoms with E-state index in [0.717, 1.165) is 0 Å². The number of nitrogens with zero attached hydrogens (tertiary/aromatic N) is 1. The number of nitrogen functional groups attached to an aromatic ring is 1. The first kappa shape index (κ1) is 19.0. The second kappa shape index (κ2) is 6.72. The van der Waals surface area contributed by atoms with E-state index in [4.69, 9.17) is 31.4 Å². The lowest BCUT2D eigenvalue weighted by atomic mass is 9.80. The molecule has 1 aliphatic rings. The number of ether oxygens (including phenoxy) is 1. The highest BCUT2D eigenvalue weighted by atomic mass is 35.5. The minimum atomic E-state index is -0.576. The van der Waals surface area contributed by atoms with Gasteiger partial charge in [-0.05, 0) is 52.0 Å². The maximum atomic E-state index is 13.4. The zero-order chi connectivity index (χ0) is 19.1. The second-order valence-electron chi connectivity index (χ2n) is 7.26. The number of pyridine rings is 1. The third-order valence-electron chi connectivity index (χ3n) is 4.82. The lowest BCUT2D eigenvalue weighted by Crippen LogP contribution is -2.41. The Labute approximate surface area is 157 Å². The maximum Gasteiger partial charge on any atom is 0.496 e. The highest BCUT2D eigenvalue weighted by Crippen LogP contribution is 2.36. The van der Waals surface area contributed by atoms with Crippen molar-refractivity contribution in [3.63, 3.8) is 0 Å². The molecule has 138 valence electrons. The zero-order valence-corrected chi connectivity index (χ0v) is 15.9. The van der Waals surface area contributed by atoms with Crippen LogP contribution < -0.4 is 15.9 Å². The van der Waals surface area contributed by atoms with Crippen molar-refractivity contribution in [2.24, 2.45) is 0 Å². The van der Waals surface area contributed by atoms with E-state index in [1.807, 2.05) is 27.7 Å². The van der Waals surface area contributed by atoms with Crippen molar-refractivity contribution >= 4 is 30.0 Å². The van der Waals surface area contributed by atoms with Crippen molar-refractivity contribution in [3.8, 4) is 5.75 Å². The molecule has 0 bridgehead atoms. The third kappa shape index (κ3) is 3.65. The van der Waals surface area contributed by atoms with Crippen LogP contribution in [0.4, 0.5) is 10.2 Å². The quantitative estimate of drug-likeness (QED) is 0.827. The first-order chi connectivity index (χ1) is 12.1. The summed E-state index contributed by atoms with van der Waals surface area (Å²) in [6, 6.07) is 5.82. The van der Waals surface area contributed by atoms with Crippen molar-refractivity contribution < 1.29 is 18.4 Å². The number of hydrogen-bond donors (Lipinski definition) is 1. The zero-order valence-electron chi connectivity index (χ0n) is 15.2. The molecule has 2 N–H and O–H groups in total. The van der Waals surface area contributed by atoms with Crippen molar-refractivity contribution in [1.29, 1.82) is 0 Å². The van der Waals surface area contributed by atoms with Gasteiger partial charge in [0, 0.05) is 22.2 Å². The molecule has 0 spiro atoms. The van der Waals surface area contributed by atoms with Gasteiger partial charge < -0.3 is 19.8 Å². The Morgan fingerprint density at radius 3 is 2.50 bits per heavy atom. The van der Waals surface area contributed by atoms with Crippen LogP contribution in [0.5, 0.6) is 5.75 Å². The highest BCUT2D eigenvalue weighted by molar-refractivity contribution is 6.62. The average molecular weight is 379 g/mol. The minimum absolute atomic E-state index is 0.0648. The van der Waals surface area contributed by atoms with Gasteiger partial charge in [0.2, 0.25) is 0 Å². The number of rotatable bonds is 4. The molecule has 1 aromatic heterocycles. The van der Waals surface area contributed by atoms with Gasteiger partial charge in [0.25, 0.3) is 0 Å². The van der Waals surface area contributed by atoms with Crippen molar-refractivity contribution in [3.05, 3.63) is 46.9 Å². The monoisotopic (exact) mass is 378 g/mol. The van der Waals surface area contributed by atoms with E-state index in [2.05, 4.69) is 4.98 Å². The van der Waals surface area contributed by atoms with Crippen molar-refractivity contribution in [1.82, 2.24) is 4.98 Å². The van der Waals surface area contributed by atoms with Crippen LogP contribution in [0.15, 0.2) is 30.5 Å². The summed E-state index contributed by atoms with van der Waals surface area (Å²) in [5, 5.41) is 0.417. The molecule has 2 aromatic rings. The van der Waals surface area contributed by atoms with Crippen molar-refractivity contribution in [2.75, 3.05) is 5.73 Å². The number of benzene rings is 1. The van der Waals surface area contributed by atoms with Gasteiger partial charge in [-0.15, -0.1) is 0 Å². The van der Waals surface area contributed by atoms with E-state index < -0.39 is 18.3 Å². The first-order valence-corrected chi connectivity index (χ1v) is 8.65. The van der Waals surface area contributed by atoms with Crippen LogP contribution in [0.2, 0.25) is 5.02 Å².